The van der Waals surface area contributed by atoms with Crippen LogP contribution in [0.3, 0.4) is 0 Å². The van der Waals surface area contributed by atoms with Gasteiger partial charge in [0, 0.05) is 17.7 Å². The van der Waals surface area contributed by atoms with Gasteiger partial charge in [0.25, 0.3) is 0 Å². The molecule has 1 saturated heterocycles. The molecule has 6 nitrogen and oxygen atoms in total. The van der Waals surface area contributed by atoms with Crippen molar-refractivity contribution in [1.82, 2.24) is 0 Å². The van der Waals surface area contributed by atoms with Gasteiger partial charge >= 0.3 is 5.69 Å². The van der Waals surface area contributed by atoms with Gasteiger partial charge in [-0.1, -0.05) is 42.5 Å². The maximum Gasteiger partial charge on any atom is 0.329 e. The Morgan fingerprint density at radius 1 is 0.926 bits per heavy atom. The van der Waals surface area contributed by atoms with Gasteiger partial charge in [-0.15, -0.1) is 0 Å². The summed E-state index contributed by atoms with van der Waals surface area (Å²) in [4.78, 5) is 25.6. The average Bonchev–Trinajstić information content (AvgIpc) is 2.67. The van der Waals surface area contributed by atoms with Crippen molar-refractivity contribution in [2.24, 2.45) is 0 Å². The molecule has 8 heteroatoms. The van der Waals surface area contributed by atoms with Crippen molar-refractivity contribution < 1.29 is 44.3 Å². The largest absolute Gasteiger partial charge is 1.00 e. The lowest BCUT2D eigenvalue weighted by atomic mass is 10.1. The molecule has 0 unspecified atom stereocenters. The van der Waals surface area contributed by atoms with Crippen LogP contribution in [0, 0.1) is 10.1 Å². The first kappa shape index (κ1) is 23.0. The Balaban J connectivity index is 0.00000182. The SMILES string of the molecule is O=C(CC[NH+]1CC[NH+](c2ccccc2[N+](=O)[O-])CC1)c1ccccc1.[Cl-].[Cl-]. The summed E-state index contributed by atoms with van der Waals surface area (Å²) >= 11 is 0. The molecule has 1 aliphatic rings. The molecule has 0 atom stereocenters. The number of halogens is 2. The van der Waals surface area contributed by atoms with Gasteiger partial charge in [-0.2, -0.15) is 0 Å². The van der Waals surface area contributed by atoms with E-state index in [9.17, 15) is 14.9 Å². The lowest BCUT2D eigenvalue weighted by Gasteiger charge is -2.29. The second kappa shape index (κ2) is 11.0. The number of nitrogens with one attached hydrogen (secondary N) is 2. The molecule has 0 spiro atoms. The molecule has 146 valence electrons. The lowest BCUT2D eigenvalue weighted by molar-refractivity contribution is -0.986. The minimum Gasteiger partial charge on any atom is -1.00 e. The number of Topliss-reactive ketones (excluding diaryl/α,β-unsaturated/α-hetero) is 1. The highest BCUT2D eigenvalue weighted by molar-refractivity contribution is 5.96. The smallest absolute Gasteiger partial charge is 0.329 e. The number of nitrogens with zero attached hydrogens (tertiary/aromatic N) is 1. The molecule has 0 bridgehead atoms. The van der Waals surface area contributed by atoms with E-state index in [0.29, 0.717) is 6.42 Å². The minimum absolute atomic E-state index is 0. The van der Waals surface area contributed by atoms with Gasteiger partial charge in [0.2, 0.25) is 5.69 Å². The molecule has 0 aromatic heterocycles. The Labute approximate surface area is 171 Å². The molecule has 1 heterocycles. The maximum absolute atomic E-state index is 12.2. The van der Waals surface area contributed by atoms with Crippen LogP contribution < -0.4 is 34.6 Å². The van der Waals surface area contributed by atoms with Crippen LogP contribution in [0.25, 0.3) is 0 Å². The third-order valence-corrected chi connectivity index (χ3v) is 4.84. The minimum atomic E-state index is -0.305. The van der Waals surface area contributed by atoms with Crippen LogP contribution in [0.15, 0.2) is 54.6 Å². The van der Waals surface area contributed by atoms with Gasteiger partial charge in [0.05, 0.1) is 17.9 Å². The van der Waals surface area contributed by atoms with Crippen molar-refractivity contribution in [2.45, 2.75) is 6.42 Å². The highest BCUT2D eigenvalue weighted by Gasteiger charge is 2.29. The molecule has 2 aromatic carbocycles. The summed E-state index contributed by atoms with van der Waals surface area (Å²) in [7, 11) is 0. The van der Waals surface area contributed by atoms with Crippen molar-refractivity contribution in [3.8, 4) is 0 Å². The molecule has 1 aliphatic heterocycles. The van der Waals surface area contributed by atoms with E-state index in [1.807, 2.05) is 42.5 Å². The van der Waals surface area contributed by atoms with Crippen LogP contribution in [0.5, 0.6) is 0 Å². The lowest BCUT2D eigenvalue weighted by Crippen LogP contribution is -3.26. The van der Waals surface area contributed by atoms with Crippen molar-refractivity contribution in [3.05, 3.63) is 70.3 Å². The summed E-state index contributed by atoms with van der Waals surface area (Å²) in [6.45, 7) is 4.35. The van der Waals surface area contributed by atoms with Crippen molar-refractivity contribution in [3.63, 3.8) is 0 Å². The van der Waals surface area contributed by atoms with Gasteiger partial charge in [-0.25, -0.2) is 0 Å². The molecule has 2 N–H and O–H groups in total. The molecule has 2 aromatic rings. The van der Waals surface area contributed by atoms with Gasteiger partial charge in [0.15, 0.2) is 5.78 Å². The van der Waals surface area contributed by atoms with Gasteiger partial charge in [0.1, 0.15) is 26.2 Å². The van der Waals surface area contributed by atoms with E-state index in [2.05, 4.69) is 0 Å². The summed E-state index contributed by atoms with van der Waals surface area (Å²) in [5.74, 6) is 0.182. The van der Waals surface area contributed by atoms with E-state index < -0.39 is 0 Å². The van der Waals surface area contributed by atoms with Crippen LogP contribution in [0.4, 0.5) is 11.4 Å². The topological polar surface area (TPSA) is 69.1 Å². The Hall–Kier alpha value is -1.99. The number of hydrogen-bond donors (Lipinski definition) is 2. The average molecular weight is 412 g/mol. The molecular weight excluding hydrogens is 389 g/mol. The Morgan fingerprint density at radius 3 is 2.15 bits per heavy atom. The number of rotatable bonds is 6. The summed E-state index contributed by atoms with van der Waals surface area (Å²) in [6, 6.07) is 16.4. The Kier molecular flexibility index (Phi) is 9.38. The third-order valence-electron chi connectivity index (χ3n) is 4.84. The third kappa shape index (κ3) is 6.01. The van der Waals surface area contributed by atoms with Gasteiger partial charge in [-0.05, 0) is 0 Å². The van der Waals surface area contributed by atoms with Crippen LogP contribution in [-0.4, -0.2) is 43.4 Å². The first-order valence-corrected chi connectivity index (χ1v) is 8.65. The Bertz CT molecular complexity index is 751. The summed E-state index contributed by atoms with van der Waals surface area (Å²) < 4.78 is 0. The zero-order valence-electron chi connectivity index (χ0n) is 14.9. The second-order valence-corrected chi connectivity index (χ2v) is 6.42. The first-order valence-electron chi connectivity index (χ1n) is 8.65. The van der Waals surface area contributed by atoms with Crippen molar-refractivity contribution in [2.75, 3.05) is 32.7 Å². The summed E-state index contributed by atoms with van der Waals surface area (Å²) in [5.41, 5.74) is 1.73. The van der Waals surface area contributed by atoms with Crippen LogP contribution in [0.2, 0.25) is 0 Å². The van der Waals surface area contributed by atoms with E-state index in [1.54, 1.807) is 12.1 Å². The standard InChI is InChI=1S/C19H21N3O3.2ClH/c23-19(16-6-2-1-3-7-16)10-11-20-12-14-21(15-13-20)17-8-4-5-9-18(17)22(24)25;;/h1-9H,10-15H2;2*1H. The van der Waals surface area contributed by atoms with Gasteiger partial charge < -0.3 is 29.7 Å². The maximum atomic E-state index is 12.2. The fraction of sp³-hybridized carbons (Fsp3) is 0.316. The fourth-order valence-corrected chi connectivity index (χ4v) is 3.42. The molecule has 0 radical (unpaired) electrons. The number of ketones is 1. The molecule has 0 aliphatic carbocycles. The number of hydrogen-bond acceptors (Lipinski definition) is 3. The normalized spacial score (nSPS) is 18.7. The number of benzene rings is 2. The molecular formula is C19H23Cl2N3O3. The first-order chi connectivity index (χ1) is 12.1. The number of carbonyl (C=O) groups excluding carboxylic acids is 1. The zero-order chi connectivity index (χ0) is 17.6. The number of para-hydroxylation sites is 2. The van der Waals surface area contributed by atoms with E-state index in [0.717, 1.165) is 48.9 Å². The fourth-order valence-electron chi connectivity index (χ4n) is 3.42. The Morgan fingerprint density at radius 2 is 1.52 bits per heavy atom. The van der Waals surface area contributed by atoms with Crippen LogP contribution in [-0.2, 0) is 0 Å². The van der Waals surface area contributed by atoms with Crippen molar-refractivity contribution >= 4 is 17.2 Å². The molecule has 27 heavy (non-hydrogen) atoms. The number of piperazine rings is 1. The van der Waals surface area contributed by atoms with Gasteiger partial charge in [-0.3, -0.25) is 19.8 Å². The van der Waals surface area contributed by atoms with Crippen LogP contribution >= 0.6 is 0 Å². The zero-order valence-corrected chi connectivity index (χ0v) is 16.4. The van der Waals surface area contributed by atoms with E-state index >= 15 is 0 Å². The number of nitro groups is 1. The van der Waals surface area contributed by atoms with E-state index in [-0.39, 0.29) is 41.2 Å². The molecule has 0 saturated carbocycles. The monoisotopic (exact) mass is 411 g/mol. The highest BCUT2D eigenvalue weighted by Crippen LogP contribution is 2.19. The number of nitro benzene ring substituents is 1. The van der Waals surface area contributed by atoms with Crippen molar-refractivity contribution in [1.29, 1.82) is 0 Å². The summed E-state index contributed by atoms with van der Waals surface area (Å²) in [5, 5.41) is 11.2. The van der Waals surface area contributed by atoms with E-state index in [1.165, 1.54) is 4.90 Å². The quantitative estimate of drug-likeness (QED) is 0.283. The molecule has 0 amide bonds. The highest BCUT2D eigenvalue weighted by atomic mass is 35.5. The number of quaternary nitrogens is 2. The molecule has 1 fully saturated rings. The predicted octanol–water partition coefficient (Wildman–Crippen LogP) is -5.71. The number of carbonyl (C=O) groups is 1. The summed E-state index contributed by atoms with van der Waals surface area (Å²) in [6.07, 6.45) is 0.542. The predicted molar refractivity (Wildman–Crippen MR) is 94.4 cm³/mol. The second-order valence-electron chi connectivity index (χ2n) is 6.42. The van der Waals surface area contributed by atoms with Crippen LogP contribution in [0.1, 0.15) is 16.8 Å². The molecule has 3 rings (SSSR count). The van der Waals surface area contributed by atoms with E-state index in [4.69, 9.17) is 0 Å².